The predicted molar refractivity (Wildman–Crippen MR) is 158 cm³/mol. The summed E-state index contributed by atoms with van der Waals surface area (Å²) in [4.78, 5) is 18.5. The Balaban J connectivity index is 1.47. The summed E-state index contributed by atoms with van der Waals surface area (Å²) >= 11 is 7.84. The van der Waals surface area contributed by atoms with Crippen LogP contribution in [0.2, 0.25) is 5.02 Å². The molecule has 1 atom stereocenters. The average Bonchev–Trinajstić information content (AvgIpc) is 3.32. The number of ether oxygens (including phenoxy) is 1. The van der Waals surface area contributed by atoms with Crippen LogP contribution in [0.1, 0.15) is 42.1 Å². The zero-order valence-electron chi connectivity index (χ0n) is 22.3. The summed E-state index contributed by atoms with van der Waals surface area (Å²) in [6.07, 6.45) is 0. The highest BCUT2D eigenvalue weighted by atomic mass is 35.5. The van der Waals surface area contributed by atoms with Crippen molar-refractivity contribution < 1.29 is 9.53 Å². The zero-order chi connectivity index (χ0) is 27.5. The molecule has 9 heteroatoms. The molecule has 0 aliphatic carbocycles. The number of amides is 1. The molecule has 1 amide bonds. The van der Waals surface area contributed by atoms with Crippen LogP contribution in [0.3, 0.4) is 0 Å². The lowest BCUT2D eigenvalue weighted by molar-refractivity contribution is -0.113. The Bertz CT molecular complexity index is 1550. The molecule has 0 fully saturated rings. The van der Waals surface area contributed by atoms with E-state index in [1.807, 2.05) is 87.5 Å². The number of hydrogen-bond acceptors (Lipinski definition) is 6. The molecular formula is C30H30ClN5O2S. The number of allylic oxidation sites excluding steroid dienone is 1. The number of anilines is 2. The van der Waals surface area contributed by atoms with Crippen LogP contribution < -0.4 is 15.4 Å². The Labute approximate surface area is 237 Å². The van der Waals surface area contributed by atoms with Crippen molar-refractivity contribution in [2.24, 2.45) is 0 Å². The van der Waals surface area contributed by atoms with Crippen molar-refractivity contribution in [1.29, 1.82) is 0 Å². The molecule has 0 radical (unpaired) electrons. The number of carbonyl (C=O) groups is 1. The first-order valence-corrected chi connectivity index (χ1v) is 14.1. The molecule has 2 N–H and O–H groups in total. The first-order chi connectivity index (χ1) is 18.9. The van der Waals surface area contributed by atoms with E-state index in [0.717, 1.165) is 39.4 Å². The predicted octanol–water partition coefficient (Wildman–Crippen LogP) is 7.17. The first-order valence-electron chi connectivity index (χ1n) is 12.8. The van der Waals surface area contributed by atoms with Gasteiger partial charge in [-0.05, 0) is 67.5 Å². The van der Waals surface area contributed by atoms with Crippen LogP contribution in [0.4, 0.5) is 11.6 Å². The molecule has 1 aromatic heterocycles. The Kier molecular flexibility index (Phi) is 7.95. The fourth-order valence-corrected chi connectivity index (χ4v) is 5.27. The minimum Gasteiger partial charge on any atom is -0.489 e. The quantitative estimate of drug-likeness (QED) is 0.223. The third-order valence-corrected chi connectivity index (χ3v) is 7.84. The summed E-state index contributed by atoms with van der Waals surface area (Å²) in [5, 5.41) is 12.5. The van der Waals surface area contributed by atoms with Crippen molar-refractivity contribution in [3.63, 3.8) is 0 Å². The van der Waals surface area contributed by atoms with Gasteiger partial charge in [0.05, 0.1) is 5.57 Å². The van der Waals surface area contributed by atoms with E-state index in [-0.39, 0.29) is 5.91 Å². The van der Waals surface area contributed by atoms with Crippen LogP contribution in [0.15, 0.2) is 83.2 Å². The molecule has 200 valence electrons. The van der Waals surface area contributed by atoms with Gasteiger partial charge in [0.1, 0.15) is 18.4 Å². The summed E-state index contributed by atoms with van der Waals surface area (Å²) in [5.74, 6) is 1.97. The Morgan fingerprint density at radius 3 is 2.59 bits per heavy atom. The third kappa shape index (κ3) is 5.67. The Hall–Kier alpha value is -3.75. The number of hydrogen-bond donors (Lipinski definition) is 2. The summed E-state index contributed by atoms with van der Waals surface area (Å²) in [6, 6.07) is 20.8. The van der Waals surface area contributed by atoms with Gasteiger partial charge in [0.2, 0.25) is 11.1 Å². The van der Waals surface area contributed by atoms with Crippen LogP contribution in [-0.4, -0.2) is 26.4 Å². The highest BCUT2D eigenvalue weighted by Crippen LogP contribution is 2.37. The second-order valence-electron chi connectivity index (χ2n) is 9.31. The number of benzene rings is 3. The fraction of sp³-hybridized carbons (Fsp3) is 0.233. The van der Waals surface area contributed by atoms with Gasteiger partial charge in [-0.1, -0.05) is 72.8 Å². The van der Waals surface area contributed by atoms with E-state index in [9.17, 15) is 4.79 Å². The molecule has 39 heavy (non-hydrogen) atoms. The Morgan fingerprint density at radius 1 is 1.08 bits per heavy atom. The van der Waals surface area contributed by atoms with Crippen molar-refractivity contribution in [2.45, 2.75) is 45.5 Å². The highest BCUT2D eigenvalue weighted by molar-refractivity contribution is 7.99. The van der Waals surface area contributed by atoms with Crippen LogP contribution >= 0.6 is 23.4 Å². The van der Waals surface area contributed by atoms with Gasteiger partial charge in [0, 0.05) is 22.0 Å². The highest BCUT2D eigenvalue weighted by Gasteiger charge is 2.34. The topological polar surface area (TPSA) is 81.1 Å². The molecule has 7 nitrogen and oxygen atoms in total. The van der Waals surface area contributed by atoms with Crippen molar-refractivity contribution in [3.05, 3.63) is 105 Å². The number of nitrogens with zero attached hydrogens (tertiary/aromatic N) is 3. The number of aryl methyl sites for hydroxylation is 1. The number of thioether (sulfide) groups is 1. The normalized spacial score (nSPS) is 14.5. The number of fused-ring (bicyclic) bond motifs is 1. The monoisotopic (exact) mass is 559 g/mol. The van der Waals surface area contributed by atoms with E-state index in [0.29, 0.717) is 34.1 Å². The molecule has 1 aliphatic heterocycles. The summed E-state index contributed by atoms with van der Waals surface area (Å²) < 4.78 is 7.79. The maximum atomic E-state index is 13.8. The van der Waals surface area contributed by atoms with Gasteiger partial charge >= 0.3 is 0 Å². The Morgan fingerprint density at radius 2 is 1.85 bits per heavy atom. The molecule has 5 rings (SSSR count). The fourth-order valence-electron chi connectivity index (χ4n) is 4.52. The van der Waals surface area contributed by atoms with E-state index < -0.39 is 6.04 Å². The minimum absolute atomic E-state index is 0.191. The molecule has 0 bridgehead atoms. The van der Waals surface area contributed by atoms with Gasteiger partial charge in [-0.25, -0.2) is 4.68 Å². The molecule has 2 heterocycles. The largest absolute Gasteiger partial charge is 0.489 e. The lowest BCUT2D eigenvalue weighted by atomic mass is 9.94. The summed E-state index contributed by atoms with van der Waals surface area (Å²) in [6.45, 7) is 8.36. The van der Waals surface area contributed by atoms with E-state index in [1.165, 1.54) is 0 Å². The summed E-state index contributed by atoms with van der Waals surface area (Å²) in [7, 11) is 0. The minimum atomic E-state index is -0.470. The molecule has 0 saturated heterocycles. The van der Waals surface area contributed by atoms with Crippen molar-refractivity contribution in [3.8, 4) is 5.75 Å². The second-order valence-corrected chi connectivity index (χ2v) is 11.0. The van der Waals surface area contributed by atoms with Gasteiger partial charge < -0.3 is 15.4 Å². The summed E-state index contributed by atoms with van der Waals surface area (Å²) in [5.41, 5.74) is 6.05. The van der Waals surface area contributed by atoms with E-state index in [4.69, 9.17) is 21.4 Å². The number of nitrogens with one attached hydrogen (secondary N) is 2. The average molecular weight is 560 g/mol. The molecule has 0 spiro atoms. The van der Waals surface area contributed by atoms with Gasteiger partial charge in [-0.3, -0.25) is 4.79 Å². The molecule has 3 aromatic carbocycles. The number of rotatable bonds is 8. The lowest BCUT2D eigenvalue weighted by Gasteiger charge is -2.29. The van der Waals surface area contributed by atoms with Gasteiger partial charge in [0.25, 0.3) is 5.91 Å². The van der Waals surface area contributed by atoms with Crippen LogP contribution in [0, 0.1) is 13.8 Å². The first kappa shape index (κ1) is 26.8. The van der Waals surface area contributed by atoms with E-state index in [2.05, 4.69) is 22.5 Å². The molecule has 1 aliphatic rings. The number of aromatic nitrogens is 3. The maximum Gasteiger partial charge on any atom is 0.255 e. The number of halogens is 1. The SMILES string of the molecule is CCSc1nc2n(n1)C(c1ccc(OCc3ccccc3Cl)cc1)C(C(=O)Nc1cccc(C)c1C)=C(C)N2. The van der Waals surface area contributed by atoms with E-state index >= 15 is 0 Å². The second kappa shape index (κ2) is 11.6. The number of carbonyl (C=O) groups excluding carboxylic acids is 1. The van der Waals surface area contributed by atoms with Crippen LogP contribution in [0.25, 0.3) is 0 Å². The van der Waals surface area contributed by atoms with Crippen LogP contribution in [-0.2, 0) is 11.4 Å². The zero-order valence-corrected chi connectivity index (χ0v) is 23.9. The van der Waals surface area contributed by atoms with Crippen molar-refractivity contribution in [2.75, 3.05) is 16.4 Å². The lowest BCUT2D eigenvalue weighted by Crippen LogP contribution is -2.31. The molecule has 4 aromatic rings. The van der Waals surface area contributed by atoms with Gasteiger partial charge in [0.15, 0.2) is 0 Å². The molecule has 1 unspecified atom stereocenters. The standard InChI is InChI=1S/C30H30ClN5O2S/c1-5-39-30-34-29-32-20(4)26(28(37)33-25-12-8-9-18(2)19(25)3)27(36(29)35-30)21-13-15-23(16-14-21)38-17-22-10-6-7-11-24(22)31/h6-16,27H,5,17H2,1-4H3,(H,33,37)(H,32,34,35). The van der Waals surface area contributed by atoms with Crippen molar-refractivity contribution in [1.82, 2.24) is 14.8 Å². The molecule has 0 saturated carbocycles. The molecular weight excluding hydrogens is 530 g/mol. The third-order valence-electron chi connectivity index (χ3n) is 6.75. The van der Waals surface area contributed by atoms with Crippen molar-refractivity contribution >= 4 is 40.9 Å². The maximum absolute atomic E-state index is 13.8. The smallest absolute Gasteiger partial charge is 0.255 e. The van der Waals surface area contributed by atoms with Gasteiger partial charge in [-0.2, -0.15) is 4.98 Å². The van der Waals surface area contributed by atoms with Crippen LogP contribution in [0.5, 0.6) is 5.75 Å². The van der Waals surface area contributed by atoms with Gasteiger partial charge in [-0.15, -0.1) is 5.10 Å². The van der Waals surface area contributed by atoms with E-state index in [1.54, 1.807) is 16.4 Å².